The summed E-state index contributed by atoms with van der Waals surface area (Å²) < 4.78 is 51.6. The molecule has 0 bridgehead atoms. The summed E-state index contributed by atoms with van der Waals surface area (Å²) in [6.07, 6.45) is 9.22. The van der Waals surface area contributed by atoms with Gasteiger partial charge in [0.25, 0.3) is 5.65 Å². The van der Waals surface area contributed by atoms with Crippen molar-refractivity contribution in [1.29, 1.82) is 0 Å². The molecule has 6 aromatic rings. The van der Waals surface area contributed by atoms with Gasteiger partial charge in [0.05, 0.1) is 22.8 Å². The lowest BCUT2D eigenvalue weighted by molar-refractivity contribution is -0.687. The zero-order valence-corrected chi connectivity index (χ0v) is 28.4. The molecule has 1 aliphatic rings. The van der Waals surface area contributed by atoms with E-state index in [2.05, 4.69) is 67.3 Å². The Morgan fingerprint density at radius 2 is 1.68 bits per heavy atom. The predicted octanol–water partition coefficient (Wildman–Crippen LogP) is 9.17. The van der Waals surface area contributed by atoms with Crippen molar-refractivity contribution in [3.05, 3.63) is 107 Å². The van der Waals surface area contributed by atoms with Gasteiger partial charge >= 0.3 is 0 Å². The molecule has 2 aromatic carbocycles. The summed E-state index contributed by atoms with van der Waals surface area (Å²) in [6.45, 7) is 15.8. The maximum Gasteiger partial charge on any atom is 0.296 e. The number of halogens is 3. The molecule has 0 fully saturated rings. The molecule has 2 unspecified atom stereocenters. The van der Waals surface area contributed by atoms with Crippen molar-refractivity contribution in [3.8, 4) is 11.3 Å². The Morgan fingerprint density at radius 1 is 0.915 bits per heavy atom. The van der Waals surface area contributed by atoms with Gasteiger partial charge in [-0.15, -0.1) is 0 Å². The summed E-state index contributed by atoms with van der Waals surface area (Å²) in [5.74, 6) is -1.36. The highest BCUT2D eigenvalue weighted by molar-refractivity contribution is 6.00. The van der Waals surface area contributed by atoms with Gasteiger partial charge in [-0.05, 0) is 73.0 Å². The molecule has 7 heteroatoms. The van der Waals surface area contributed by atoms with Gasteiger partial charge in [0, 0.05) is 47.7 Å². The average molecular weight is 637 g/mol. The quantitative estimate of drug-likeness (QED) is 0.161. The van der Waals surface area contributed by atoms with Gasteiger partial charge in [-0.3, -0.25) is 4.98 Å². The van der Waals surface area contributed by atoms with Gasteiger partial charge < -0.3 is 0 Å². The fourth-order valence-corrected chi connectivity index (χ4v) is 8.74. The van der Waals surface area contributed by atoms with E-state index >= 15 is 8.78 Å². The Kier molecular flexibility index (Phi) is 7.27. The fourth-order valence-electron chi connectivity index (χ4n) is 8.74. The monoisotopic (exact) mass is 636 g/mol. The van der Waals surface area contributed by atoms with Crippen LogP contribution in [0.5, 0.6) is 0 Å². The minimum absolute atomic E-state index is 0.197. The first-order valence-electron chi connectivity index (χ1n) is 16.8. The van der Waals surface area contributed by atoms with E-state index in [1.54, 1.807) is 19.1 Å². The maximum absolute atomic E-state index is 15.5. The van der Waals surface area contributed by atoms with Crippen LogP contribution in [0.2, 0.25) is 0 Å². The van der Waals surface area contributed by atoms with Crippen molar-refractivity contribution in [1.82, 2.24) is 9.55 Å². The molecule has 4 nitrogen and oxygen atoms in total. The number of imidazole rings is 1. The second kappa shape index (κ2) is 10.9. The smallest absolute Gasteiger partial charge is 0.256 e. The molecule has 1 aliphatic heterocycles. The minimum atomic E-state index is -0.577. The summed E-state index contributed by atoms with van der Waals surface area (Å²) in [5, 5.41) is 2.00. The van der Waals surface area contributed by atoms with Crippen molar-refractivity contribution >= 4 is 27.5 Å². The van der Waals surface area contributed by atoms with Gasteiger partial charge in [-0.25, -0.2) is 17.7 Å². The molecule has 0 radical (unpaired) electrons. The Hall–Kier alpha value is -4.26. The molecule has 47 heavy (non-hydrogen) atoms. The summed E-state index contributed by atoms with van der Waals surface area (Å²) in [4.78, 5) is 4.93. The second-order valence-corrected chi connectivity index (χ2v) is 14.6. The molecule has 2 atom stereocenters. The highest BCUT2D eigenvalue weighted by atomic mass is 19.1. The van der Waals surface area contributed by atoms with E-state index in [1.807, 2.05) is 36.7 Å². The lowest BCUT2D eigenvalue weighted by atomic mass is 9.59. The van der Waals surface area contributed by atoms with Crippen molar-refractivity contribution in [2.75, 3.05) is 0 Å². The van der Waals surface area contributed by atoms with E-state index in [9.17, 15) is 4.39 Å². The van der Waals surface area contributed by atoms with Gasteiger partial charge in [-0.2, -0.15) is 8.97 Å². The van der Waals surface area contributed by atoms with E-state index in [0.717, 1.165) is 76.2 Å². The highest BCUT2D eigenvalue weighted by Gasteiger charge is 2.57. The zero-order chi connectivity index (χ0) is 33.5. The van der Waals surface area contributed by atoms with Crippen LogP contribution in [-0.4, -0.2) is 9.55 Å². The molecule has 0 saturated heterocycles. The topological polar surface area (TPSA) is 25.8 Å². The summed E-state index contributed by atoms with van der Waals surface area (Å²) >= 11 is 0. The minimum Gasteiger partial charge on any atom is -0.256 e. The van der Waals surface area contributed by atoms with E-state index in [0.29, 0.717) is 17.7 Å². The molecular weight excluding hydrogens is 593 g/mol. The van der Waals surface area contributed by atoms with Crippen LogP contribution in [0.1, 0.15) is 84.0 Å². The third-order valence-electron chi connectivity index (χ3n) is 11.1. The molecule has 0 N–H and O–H groups in total. The molecule has 0 aliphatic carbocycles. The Bertz CT molecular complexity index is 2190. The fraction of sp³-hybridized carbons (Fsp3) is 0.375. The number of fused-ring (bicyclic) bond motifs is 3. The van der Waals surface area contributed by atoms with Crippen molar-refractivity contribution in [2.45, 2.75) is 97.1 Å². The first-order valence-corrected chi connectivity index (χ1v) is 16.8. The Balaban J connectivity index is 1.45. The van der Waals surface area contributed by atoms with Gasteiger partial charge in [-0.1, -0.05) is 41.5 Å². The van der Waals surface area contributed by atoms with E-state index < -0.39 is 22.6 Å². The van der Waals surface area contributed by atoms with Crippen LogP contribution >= 0.6 is 0 Å². The summed E-state index contributed by atoms with van der Waals surface area (Å²) in [5.41, 5.74) is 6.07. The van der Waals surface area contributed by atoms with Crippen LogP contribution in [-0.2, 0) is 22.9 Å². The third kappa shape index (κ3) is 4.45. The first-order chi connectivity index (χ1) is 22.4. The van der Waals surface area contributed by atoms with Crippen LogP contribution in [0.25, 0.3) is 38.7 Å². The average Bonchev–Trinajstić information content (AvgIpc) is 3.37. The van der Waals surface area contributed by atoms with Crippen LogP contribution in [0.15, 0.2) is 73.2 Å². The number of rotatable bonds is 7. The van der Waals surface area contributed by atoms with Gasteiger partial charge in [0.2, 0.25) is 11.2 Å². The Labute approximate surface area is 274 Å². The summed E-state index contributed by atoms with van der Waals surface area (Å²) in [6, 6.07) is 15.7. The molecule has 0 amide bonds. The van der Waals surface area contributed by atoms with Crippen molar-refractivity contribution in [3.63, 3.8) is 0 Å². The van der Waals surface area contributed by atoms with Crippen LogP contribution in [0.3, 0.4) is 0 Å². The number of hydrogen-bond donors (Lipinski definition) is 0. The predicted molar refractivity (Wildman–Crippen MR) is 181 cm³/mol. The largest absolute Gasteiger partial charge is 0.296 e. The van der Waals surface area contributed by atoms with Crippen LogP contribution in [0.4, 0.5) is 13.2 Å². The molecule has 7 rings (SSSR count). The standard InChI is InChI=1S/C40H43F3N4/c1-8-39(7)29-23-28(42)22-26-15-20-46-35-32(14-17-44-36(35)38(4,5)6)47(37(46)34(26)29)40(39,9-2)16-12-19-45-18-11-10-13-31(45)33-25(3)21-27(41)24-30(33)43/h10-11,13-15,17-18,20-24H,8-9,12,16,19H2,1-7H3/q+2. The van der Waals surface area contributed by atoms with E-state index in [-0.39, 0.29) is 11.2 Å². The van der Waals surface area contributed by atoms with Crippen LogP contribution < -0.4 is 8.97 Å². The molecule has 0 saturated carbocycles. The molecule has 5 heterocycles. The number of nitrogens with zero attached hydrogens (tertiary/aromatic N) is 4. The molecular formula is C40H43F3N4+2. The molecule has 4 aromatic heterocycles. The second-order valence-electron chi connectivity index (χ2n) is 14.6. The number of benzene rings is 2. The highest BCUT2D eigenvalue weighted by Crippen LogP contribution is 2.55. The van der Waals surface area contributed by atoms with Crippen molar-refractivity contribution in [2.24, 2.45) is 0 Å². The summed E-state index contributed by atoms with van der Waals surface area (Å²) in [7, 11) is 0. The van der Waals surface area contributed by atoms with Crippen molar-refractivity contribution < 1.29 is 22.1 Å². The molecule has 0 spiro atoms. The first kappa shape index (κ1) is 31.3. The zero-order valence-electron chi connectivity index (χ0n) is 28.4. The molecule has 242 valence electrons. The van der Waals surface area contributed by atoms with Crippen LogP contribution in [0, 0.1) is 24.4 Å². The van der Waals surface area contributed by atoms with E-state index in [4.69, 9.17) is 4.98 Å². The number of pyridine rings is 3. The number of aryl methyl sites for hydroxylation is 2. The number of hydrogen-bond acceptors (Lipinski definition) is 1. The SMILES string of the molecule is CCC1(C)c2cc(F)cc3cc[n+]4c5c(C(C)(C)C)nccc5n(c4c23)C1(CC)CCC[n+]1ccccc1-c1c(C)cc(F)cc1F. The Morgan fingerprint density at radius 3 is 2.38 bits per heavy atom. The van der Waals surface area contributed by atoms with E-state index in [1.165, 1.54) is 6.07 Å². The lowest BCUT2D eigenvalue weighted by Crippen LogP contribution is -2.54. The van der Waals surface area contributed by atoms with Gasteiger partial charge in [0.1, 0.15) is 29.5 Å². The normalized spacial score (nSPS) is 19.4. The lowest BCUT2D eigenvalue weighted by Gasteiger charge is -2.49. The maximum atomic E-state index is 15.5. The number of aromatic nitrogens is 4. The van der Waals surface area contributed by atoms with Gasteiger partial charge in [0.15, 0.2) is 11.7 Å². The third-order valence-corrected chi connectivity index (χ3v) is 11.1.